The number of allylic oxidation sites excluding steroid dienone is 1. The zero-order valence-corrected chi connectivity index (χ0v) is 9.55. The second-order valence-corrected chi connectivity index (χ2v) is 4.02. The van der Waals surface area contributed by atoms with Crippen LogP contribution in [0.2, 0.25) is 0 Å². The predicted octanol–water partition coefficient (Wildman–Crippen LogP) is 3.62. The molecule has 0 aliphatic heterocycles. The van der Waals surface area contributed by atoms with Gasteiger partial charge in [-0.15, -0.1) is 0 Å². The second-order valence-electron chi connectivity index (χ2n) is 4.02. The van der Waals surface area contributed by atoms with E-state index in [2.05, 4.69) is 13.8 Å². The Morgan fingerprint density at radius 1 is 1.43 bits per heavy atom. The molecule has 1 N–H and O–H groups in total. The molecule has 2 nitrogen and oxygen atoms in total. The Hall–Kier alpha value is -0.790. The Balaban J connectivity index is 3.62. The summed E-state index contributed by atoms with van der Waals surface area (Å²) in [7, 11) is 0. The van der Waals surface area contributed by atoms with Crippen LogP contribution in [0.15, 0.2) is 11.6 Å². The molecule has 0 saturated heterocycles. The molecule has 0 bridgehead atoms. The molecule has 0 aromatic heterocycles. The Kier molecular flexibility index (Phi) is 7.17. The highest BCUT2D eigenvalue weighted by atomic mass is 16.4. The van der Waals surface area contributed by atoms with Crippen molar-refractivity contribution in [1.29, 1.82) is 0 Å². The normalized spacial score (nSPS) is 14.1. The zero-order valence-electron chi connectivity index (χ0n) is 9.55. The highest BCUT2D eigenvalue weighted by molar-refractivity contribution is 5.85. The van der Waals surface area contributed by atoms with E-state index < -0.39 is 5.97 Å². The van der Waals surface area contributed by atoms with Crippen LogP contribution in [0.5, 0.6) is 0 Å². The first-order valence-electron chi connectivity index (χ1n) is 5.48. The fourth-order valence-electron chi connectivity index (χ4n) is 1.37. The molecule has 0 fully saturated rings. The van der Waals surface area contributed by atoms with Crippen LogP contribution in [0.4, 0.5) is 0 Å². The van der Waals surface area contributed by atoms with Crippen molar-refractivity contribution in [3.8, 4) is 0 Å². The largest absolute Gasteiger partial charge is 0.478 e. The van der Waals surface area contributed by atoms with E-state index >= 15 is 0 Å². The maximum Gasteiger partial charge on any atom is 0.330 e. The van der Waals surface area contributed by atoms with Gasteiger partial charge in [-0.1, -0.05) is 39.2 Å². The minimum absolute atomic E-state index is 0.465. The number of hydrogen-bond acceptors (Lipinski definition) is 1. The summed E-state index contributed by atoms with van der Waals surface area (Å²) in [4.78, 5) is 10.5. The maximum absolute atomic E-state index is 10.5. The van der Waals surface area contributed by atoms with Crippen LogP contribution in [-0.2, 0) is 4.79 Å². The van der Waals surface area contributed by atoms with Crippen molar-refractivity contribution in [2.75, 3.05) is 0 Å². The summed E-state index contributed by atoms with van der Waals surface area (Å²) in [5.74, 6) is -0.0843. The molecule has 0 radical (unpaired) electrons. The van der Waals surface area contributed by atoms with Crippen molar-refractivity contribution in [1.82, 2.24) is 0 Å². The van der Waals surface area contributed by atoms with Gasteiger partial charge in [-0.05, 0) is 25.7 Å². The number of carbonyl (C=O) groups is 1. The highest BCUT2D eigenvalue weighted by Gasteiger charge is 2.02. The van der Waals surface area contributed by atoms with Gasteiger partial charge in [0.15, 0.2) is 0 Å². The third-order valence-corrected chi connectivity index (χ3v) is 2.50. The standard InChI is InChI=1S/C12H22O2/c1-4-5-7-10(2)8-6-9-11(3)12(13)14/h9-10H,4-8H2,1-3H3,(H,13,14). The Labute approximate surface area is 87.0 Å². The van der Waals surface area contributed by atoms with Crippen molar-refractivity contribution >= 4 is 5.97 Å². The van der Waals surface area contributed by atoms with Crippen molar-refractivity contribution < 1.29 is 9.90 Å². The first kappa shape index (κ1) is 13.2. The van der Waals surface area contributed by atoms with Gasteiger partial charge in [0.25, 0.3) is 0 Å². The van der Waals surface area contributed by atoms with Crippen LogP contribution in [0.25, 0.3) is 0 Å². The van der Waals surface area contributed by atoms with E-state index in [9.17, 15) is 4.79 Å². The van der Waals surface area contributed by atoms with Crippen molar-refractivity contribution in [3.05, 3.63) is 11.6 Å². The van der Waals surface area contributed by atoms with Gasteiger partial charge in [-0.3, -0.25) is 0 Å². The number of carboxylic acids is 1. The minimum Gasteiger partial charge on any atom is -0.478 e. The number of rotatable bonds is 7. The van der Waals surface area contributed by atoms with E-state index in [0.29, 0.717) is 11.5 Å². The molecule has 0 aliphatic rings. The van der Waals surface area contributed by atoms with Gasteiger partial charge < -0.3 is 5.11 Å². The number of hydrogen-bond donors (Lipinski definition) is 1. The lowest BCUT2D eigenvalue weighted by molar-refractivity contribution is -0.132. The summed E-state index contributed by atoms with van der Waals surface area (Å²) >= 11 is 0. The smallest absolute Gasteiger partial charge is 0.330 e. The highest BCUT2D eigenvalue weighted by Crippen LogP contribution is 2.14. The fourth-order valence-corrected chi connectivity index (χ4v) is 1.37. The molecule has 0 amide bonds. The molecule has 0 saturated carbocycles. The number of aliphatic carboxylic acids is 1. The van der Waals surface area contributed by atoms with E-state index in [1.165, 1.54) is 19.3 Å². The molecule has 14 heavy (non-hydrogen) atoms. The molecule has 1 unspecified atom stereocenters. The Morgan fingerprint density at radius 2 is 2.07 bits per heavy atom. The number of carboxylic acid groups (broad SMARTS) is 1. The van der Waals surface area contributed by atoms with Crippen molar-refractivity contribution in [2.45, 2.75) is 52.9 Å². The van der Waals surface area contributed by atoms with E-state index in [0.717, 1.165) is 12.8 Å². The molecule has 0 rings (SSSR count). The van der Waals surface area contributed by atoms with Crippen LogP contribution in [0.1, 0.15) is 52.9 Å². The van der Waals surface area contributed by atoms with Gasteiger partial charge in [0, 0.05) is 5.57 Å². The summed E-state index contributed by atoms with van der Waals surface area (Å²) in [6.07, 6.45) is 7.60. The van der Waals surface area contributed by atoms with Gasteiger partial charge in [-0.2, -0.15) is 0 Å². The van der Waals surface area contributed by atoms with Gasteiger partial charge in [0.05, 0.1) is 0 Å². The lowest BCUT2D eigenvalue weighted by Crippen LogP contribution is -1.97. The molecule has 0 aromatic carbocycles. The molecule has 0 aromatic rings. The van der Waals surface area contributed by atoms with Gasteiger partial charge in [0.1, 0.15) is 0 Å². The third-order valence-electron chi connectivity index (χ3n) is 2.50. The van der Waals surface area contributed by atoms with E-state index in [1.54, 1.807) is 6.92 Å². The number of unbranched alkanes of at least 4 members (excludes halogenated alkanes) is 1. The molecular weight excluding hydrogens is 176 g/mol. The molecule has 1 atom stereocenters. The Bertz CT molecular complexity index is 194. The van der Waals surface area contributed by atoms with Gasteiger partial charge in [-0.25, -0.2) is 4.79 Å². The summed E-state index contributed by atoms with van der Waals surface area (Å²) in [6.45, 7) is 6.08. The first-order valence-corrected chi connectivity index (χ1v) is 5.48. The van der Waals surface area contributed by atoms with Crippen LogP contribution < -0.4 is 0 Å². The van der Waals surface area contributed by atoms with Gasteiger partial charge in [0.2, 0.25) is 0 Å². The summed E-state index contributed by atoms with van der Waals surface area (Å²) in [6, 6.07) is 0. The minimum atomic E-state index is -0.800. The van der Waals surface area contributed by atoms with Crippen LogP contribution in [0.3, 0.4) is 0 Å². The average Bonchev–Trinajstić information content (AvgIpc) is 2.14. The molecule has 82 valence electrons. The van der Waals surface area contributed by atoms with E-state index in [4.69, 9.17) is 5.11 Å². The first-order chi connectivity index (χ1) is 6.57. The lowest BCUT2D eigenvalue weighted by Gasteiger charge is -2.08. The van der Waals surface area contributed by atoms with E-state index in [1.807, 2.05) is 6.08 Å². The predicted molar refractivity (Wildman–Crippen MR) is 59.3 cm³/mol. The summed E-state index contributed by atoms with van der Waals surface area (Å²) < 4.78 is 0. The lowest BCUT2D eigenvalue weighted by atomic mass is 9.98. The quantitative estimate of drug-likeness (QED) is 0.634. The Morgan fingerprint density at radius 3 is 2.57 bits per heavy atom. The van der Waals surface area contributed by atoms with E-state index in [-0.39, 0.29) is 0 Å². The van der Waals surface area contributed by atoms with Gasteiger partial charge >= 0.3 is 5.97 Å². The molecule has 0 spiro atoms. The topological polar surface area (TPSA) is 37.3 Å². The van der Waals surface area contributed by atoms with Crippen LogP contribution >= 0.6 is 0 Å². The van der Waals surface area contributed by atoms with Crippen LogP contribution in [-0.4, -0.2) is 11.1 Å². The maximum atomic E-state index is 10.5. The average molecular weight is 198 g/mol. The SMILES string of the molecule is CCCCC(C)CCC=C(C)C(=O)O. The fraction of sp³-hybridized carbons (Fsp3) is 0.750. The van der Waals surface area contributed by atoms with Crippen LogP contribution in [0, 0.1) is 5.92 Å². The van der Waals surface area contributed by atoms with Crippen molar-refractivity contribution in [2.24, 2.45) is 5.92 Å². The third kappa shape index (κ3) is 6.70. The molecule has 0 heterocycles. The molecular formula is C12H22O2. The van der Waals surface area contributed by atoms with Crippen molar-refractivity contribution in [3.63, 3.8) is 0 Å². The monoisotopic (exact) mass is 198 g/mol. The molecule has 0 aliphatic carbocycles. The zero-order chi connectivity index (χ0) is 11.0. The summed E-state index contributed by atoms with van der Waals surface area (Å²) in [5, 5.41) is 8.62. The summed E-state index contributed by atoms with van der Waals surface area (Å²) in [5.41, 5.74) is 0.465. The second kappa shape index (κ2) is 7.60. The molecule has 2 heteroatoms.